The van der Waals surface area contributed by atoms with Crippen molar-refractivity contribution in [2.75, 3.05) is 13.6 Å². The fourth-order valence-electron chi connectivity index (χ4n) is 4.20. The molecule has 2 amide bonds. The summed E-state index contributed by atoms with van der Waals surface area (Å²) < 4.78 is 30.3. The molecule has 0 fully saturated rings. The van der Waals surface area contributed by atoms with Crippen LogP contribution in [0.1, 0.15) is 37.0 Å². The Bertz CT molecular complexity index is 1290. The van der Waals surface area contributed by atoms with E-state index in [1.807, 2.05) is 55.7 Å². The summed E-state index contributed by atoms with van der Waals surface area (Å²) in [6, 6.07) is 14.3. The predicted octanol–water partition coefficient (Wildman–Crippen LogP) is 3.12. The number of carbonyl (C=O) groups is 2. The highest BCUT2D eigenvalue weighted by atomic mass is 32.2. The zero-order valence-electron chi connectivity index (χ0n) is 20.7. The fraction of sp³-hybridized carbons (Fsp3) is 0.346. The molecule has 1 aliphatic rings. The highest BCUT2D eigenvalue weighted by Gasteiger charge is 2.35. The smallest absolute Gasteiger partial charge is 0.272 e. The lowest BCUT2D eigenvalue weighted by molar-refractivity contribution is -0.124. The van der Waals surface area contributed by atoms with Crippen molar-refractivity contribution in [3.63, 3.8) is 0 Å². The first-order chi connectivity index (χ1) is 17.1. The Morgan fingerprint density at radius 1 is 1.06 bits per heavy atom. The number of carbonyl (C=O) groups excluding carboxylic acids is 2. The van der Waals surface area contributed by atoms with E-state index >= 15 is 0 Å². The molecular formula is C26H30FN5O3S. The molecule has 2 aromatic carbocycles. The van der Waals surface area contributed by atoms with Crippen LogP contribution in [-0.2, 0) is 28.9 Å². The summed E-state index contributed by atoms with van der Waals surface area (Å²) in [6.07, 6.45) is 0. The van der Waals surface area contributed by atoms with Gasteiger partial charge in [-0.15, -0.1) is 0 Å². The molecule has 36 heavy (non-hydrogen) atoms. The van der Waals surface area contributed by atoms with Gasteiger partial charge < -0.3 is 15.2 Å². The number of imidazole rings is 1. The van der Waals surface area contributed by atoms with E-state index in [0.717, 1.165) is 5.56 Å². The van der Waals surface area contributed by atoms with E-state index in [-0.39, 0.29) is 18.1 Å². The molecule has 190 valence electrons. The topological polar surface area (TPSA) is 96.3 Å². The van der Waals surface area contributed by atoms with E-state index < -0.39 is 34.2 Å². The van der Waals surface area contributed by atoms with Crippen molar-refractivity contribution in [3.05, 3.63) is 71.8 Å². The maximum atomic E-state index is 13.5. The number of nitrogens with zero attached hydrogens (tertiary/aromatic N) is 3. The van der Waals surface area contributed by atoms with Crippen molar-refractivity contribution >= 4 is 22.8 Å². The maximum Gasteiger partial charge on any atom is 0.272 e. The second kappa shape index (κ2) is 10.3. The molecule has 0 aliphatic carbocycles. The third-order valence-electron chi connectivity index (χ3n) is 6.12. The van der Waals surface area contributed by atoms with Crippen LogP contribution < -0.4 is 10.6 Å². The second-order valence-corrected chi connectivity index (χ2v) is 11.2. The fourth-order valence-corrected chi connectivity index (χ4v) is 5.35. The van der Waals surface area contributed by atoms with Crippen LogP contribution in [0.4, 0.5) is 4.39 Å². The van der Waals surface area contributed by atoms with Gasteiger partial charge in [0.15, 0.2) is 5.69 Å². The minimum absolute atomic E-state index is 0.188. The van der Waals surface area contributed by atoms with E-state index in [1.54, 1.807) is 4.31 Å². The first-order valence-electron chi connectivity index (χ1n) is 11.7. The average Bonchev–Trinajstić information content (AvgIpc) is 3.25. The van der Waals surface area contributed by atoms with Crippen LogP contribution in [0, 0.1) is 11.2 Å². The van der Waals surface area contributed by atoms with Crippen LogP contribution in [0.3, 0.4) is 0 Å². The molecule has 8 nitrogen and oxygen atoms in total. The number of halogens is 1. The Morgan fingerprint density at radius 2 is 1.72 bits per heavy atom. The van der Waals surface area contributed by atoms with Crippen LogP contribution in [0.2, 0.25) is 0 Å². The Morgan fingerprint density at radius 3 is 2.33 bits per heavy atom. The normalized spacial score (nSPS) is 15.6. The van der Waals surface area contributed by atoms with Gasteiger partial charge in [0, 0.05) is 25.7 Å². The lowest BCUT2D eigenvalue weighted by Gasteiger charge is -2.30. The van der Waals surface area contributed by atoms with Crippen LogP contribution in [0.25, 0.3) is 11.4 Å². The number of hydrogen-bond acceptors (Lipinski definition) is 4. The molecule has 2 unspecified atom stereocenters. The molecule has 0 saturated carbocycles. The standard InChI is InChI=1S/C26H30FN5O3S/c1-26(2,3)22(25(34)28-4)30-24(33)21-20-16-31(36(35)19-12-10-18(27)11-13-19)14-15-32(20)23(29-21)17-8-6-5-7-9-17/h5-13,22H,14-16H2,1-4H3,(H,28,34)(H,30,33). The average molecular weight is 512 g/mol. The molecule has 2 heterocycles. The number of benzene rings is 2. The zero-order valence-corrected chi connectivity index (χ0v) is 21.6. The number of hydrogen-bond donors (Lipinski definition) is 2. The molecule has 0 radical (unpaired) electrons. The van der Waals surface area contributed by atoms with E-state index in [0.29, 0.717) is 29.5 Å². The number of fused-ring (bicyclic) bond motifs is 1. The summed E-state index contributed by atoms with van der Waals surface area (Å²) in [4.78, 5) is 31.2. The number of nitrogens with one attached hydrogen (secondary N) is 2. The Balaban J connectivity index is 1.71. The highest BCUT2D eigenvalue weighted by Crippen LogP contribution is 2.29. The third-order valence-corrected chi connectivity index (χ3v) is 7.57. The Hall–Kier alpha value is -3.37. The van der Waals surface area contributed by atoms with Gasteiger partial charge in [-0.3, -0.25) is 9.59 Å². The molecule has 10 heteroatoms. The summed E-state index contributed by atoms with van der Waals surface area (Å²) in [5.41, 5.74) is 1.11. The number of aromatic nitrogens is 2. The van der Waals surface area contributed by atoms with E-state index in [1.165, 1.54) is 31.3 Å². The van der Waals surface area contributed by atoms with Crippen LogP contribution in [0.5, 0.6) is 0 Å². The largest absolute Gasteiger partial charge is 0.357 e. The van der Waals surface area contributed by atoms with Gasteiger partial charge in [-0.05, 0) is 29.7 Å². The van der Waals surface area contributed by atoms with Crippen LogP contribution >= 0.6 is 0 Å². The number of rotatable bonds is 6. The van der Waals surface area contributed by atoms with Gasteiger partial charge in [-0.25, -0.2) is 17.9 Å². The summed E-state index contributed by atoms with van der Waals surface area (Å²) in [5.74, 6) is -0.538. The van der Waals surface area contributed by atoms with Crippen LogP contribution in [0.15, 0.2) is 59.5 Å². The molecule has 0 spiro atoms. The monoisotopic (exact) mass is 511 g/mol. The first-order valence-corrected chi connectivity index (χ1v) is 12.8. The van der Waals surface area contributed by atoms with E-state index in [4.69, 9.17) is 4.98 Å². The summed E-state index contributed by atoms with van der Waals surface area (Å²) in [6.45, 7) is 6.74. The van der Waals surface area contributed by atoms with E-state index in [2.05, 4.69) is 10.6 Å². The lowest BCUT2D eigenvalue weighted by atomic mass is 9.86. The van der Waals surface area contributed by atoms with Crippen molar-refractivity contribution in [3.8, 4) is 11.4 Å². The molecule has 1 aliphatic heterocycles. The van der Waals surface area contributed by atoms with Gasteiger partial charge in [-0.1, -0.05) is 51.1 Å². The van der Waals surface area contributed by atoms with E-state index in [9.17, 15) is 18.2 Å². The zero-order chi connectivity index (χ0) is 26.0. The third kappa shape index (κ3) is 5.24. The quantitative estimate of drug-likeness (QED) is 0.532. The van der Waals surface area contributed by atoms with Crippen LogP contribution in [-0.4, -0.2) is 49.5 Å². The SMILES string of the molecule is CNC(=O)C(NC(=O)c1nc(-c2ccccc2)n2c1CN(S(=O)c1ccc(F)cc1)CC2)C(C)(C)C. The number of amides is 2. The summed E-state index contributed by atoms with van der Waals surface area (Å²) in [7, 11) is -0.0163. The maximum absolute atomic E-state index is 13.5. The van der Waals surface area contributed by atoms with Gasteiger partial charge in [-0.2, -0.15) is 0 Å². The van der Waals surface area contributed by atoms with Crippen molar-refractivity contribution in [2.45, 2.75) is 44.8 Å². The first kappa shape index (κ1) is 25.7. The summed E-state index contributed by atoms with van der Waals surface area (Å²) in [5, 5.41) is 5.47. The molecule has 2 N–H and O–H groups in total. The van der Waals surface area contributed by atoms with Gasteiger partial charge in [0.05, 0.1) is 17.1 Å². The van der Waals surface area contributed by atoms with Gasteiger partial charge in [0.1, 0.15) is 28.7 Å². The summed E-state index contributed by atoms with van der Waals surface area (Å²) >= 11 is 0. The van der Waals surface area contributed by atoms with Crippen molar-refractivity contribution in [2.24, 2.45) is 5.41 Å². The molecule has 0 saturated heterocycles. The molecule has 0 bridgehead atoms. The molecule has 4 rings (SSSR count). The Labute approximate surface area is 212 Å². The van der Waals surface area contributed by atoms with Crippen molar-refractivity contribution in [1.82, 2.24) is 24.5 Å². The molecule has 1 aromatic heterocycles. The second-order valence-electron chi connectivity index (χ2n) is 9.70. The van der Waals surface area contributed by atoms with Gasteiger partial charge in [0.2, 0.25) is 5.91 Å². The van der Waals surface area contributed by atoms with Gasteiger partial charge in [0.25, 0.3) is 5.91 Å². The van der Waals surface area contributed by atoms with Crippen molar-refractivity contribution in [1.29, 1.82) is 0 Å². The molecule has 3 aromatic rings. The minimum Gasteiger partial charge on any atom is -0.357 e. The molecule has 2 atom stereocenters. The predicted molar refractivity (Wildman–Crippen MR) is 136 cm³/mol. The van der Waals surface area contributed by atoms with Crippen molar-refractivity contribution < 1.29 is 18.2 Å². The Kier molecular flexibility index (Phi) is 7.37. The number of likely N-dealkylation sites (N-methyl/N-ethyl adjacent to an activating group) is 1. The lowest BCUT2D eigenvalue weighted by Crippen LogP contribution is -2.53. The van der Waals surface area contributed by atoms with Gasteiger partial charge >= 0.3 is 0 Å². The molecular weight excluding hydrogens is 481 g/mol. The highest BCUT2D eigenvalue weighted by molar-refractivity contribution is 7.82. The minimum atomic E-state index is -1.55.